The van der Waals surface area contributed by atoms with Gasteiger partial charge < -0.3 is 9.88 Å². The van der Waals surface area contributed by atoms with Crippen LogP contribution in [0.3, 0.4) is 0 Å². The molecule has 168 valence electrons. The molecule has 1 amide bonds. The first-order chi connectivity index (χ1) is 15.5. The van der Waals surface area contributed by atoms with Crippen molar-refractivity contribution in [3.05, 3.63) is 89.7 Å². The van der Waals surface area contributed by atoms with Gasteiger partial charge in [0.2, 0.25) is 10.0 Å². The molecule has 1 aliphatic heterocycles. The van der Waals surface area contributed by atoms with E-state index in [-0.39, 0.29) is 16.7 Å². The van der Waals surface area contributed by atoms with Crippen molar-refractivity contribution in [3.63, 3.8) is 0 Å². The number of piperidine rings is 1. The van der Waals surface area contributed by atoms with Gasteiger partial charge in [-0.15, -0.1) is 0 Å². The summed E-state index contributed by atoms with van der Waals surface area (Å²) in [6.07, 6.45) is 4.34. The van der Waals surface area contributed by atoms with Gasteiger partial charge in [-0.05, 0) is 30.0 Å². The summed E-state index contributed by atoms with van der Waals surface area (Å²) >= 11 is 0. The number of benzene rings is 2. The molecule has 7 heteroatoms. The monoisotopic (exact) mass is 451 g/mol. The predicted octanol–water partition coefficient (Wildman–Crippen LogP) is 3.76. The van der Waals surface area contributed by atoms with Crippen LogP contribution in [-0.2, 0) is 17.1 Å². The van der Waals surface area contributed by atoms with Crippen LogP contribution in [0.25, 0.3) is 0 Å². The lowest BCUT2D eigenvalue weighted by atomic mass is 9.91. The number of carbonyl (C=O) groups excluding carboxylic acids is 1. The zero-order valence-electron chi connectivity index (χ0n) is 18.3. The largest absolute Gasteiger partial charge is 0.350 e. The van der Waals surface area contributed by atoms with Crippen LogP contribution in [0.15, 0.2) is 77.8 Å². The van der Waals surface area contributed by atoms with Crippen LogP contribution < -0.4 is 5.32 Å². The van der Waals surface area contributed by atoms with Crippen LogP contribution in [0, 0.1) is 0 Å². The molecule has 32 heavy (non-hydrogen) atoms. The van der Waals surface area contributed by atoms with E-state index in [0.29, 0.717) is 25.3 Å². The van der Waals surface area contributed by atoms with Gasteiger partial charge >= 0.3 is 0 Å². The van der Waals surface area contributed by atoms with Crippen molar-refractivity contribution in [2.75, 3.05) is 19.6 Å². The molecule has 4 rings (SSSR count). The zero-order chi connectivity index (χ0) is 22.6. The minimum absolute atomic E-state index is 0.00169. The van der Waals surface area contributed by atoms with E-state index in [4.69, 9.17) is 0 Å². The minimum atomic E-state index is -3.58. The lowest BCUT2D eigenvalue weighted by molar-refractivity contribution is 0.0944. The molecular weight excluding hydrogens is 422 g/mol. The summed E-state index contributed by atoms with van der Waals surface area (Å²) in [6, 6.07) is 21.6. The highest BCUT2D eigenvalue weighted by Gasteiger charge is 2.28. The van der Waals surface area contributed by atoms with Crippen molar-refractivity contribution in [2.24, 2.45) is 7.05 Å². The lowest BCUT2D eigenvalue weighted by Gasteiger charge is -2.25. The van der Waals surface area contributed by atoms with Crippen molar-refractivity contribution in [3.8, 4) is 0 Å². The Balaban J connectivity index is 1.52. The molecule has 1 saturated heterocycles. The van der Waals surface area contributed by atoms with Gasteiger partial charge in [0.1, 0.15) is 10.6 Å². The second kappa shape index (κ2) is 9.71. The quantitative estimate of drug-likeness (QED) is 0.595. The van der Waals surface area contributed by atoms with Crippen molar-refractivity contribution in [1.29, 1.82) is 0 Å². The van der Waals surface area contributed by atoms with E-state index < -0.39 is 10.0 Å². The number of rotatable bonds is 7. The lowest BCUT2D eigenvalue weighted by Crippen LogP contribution is -2.35. The average Bonchev–Trinajstić information content (AvgIpc) is 3.23. The van der Waals surface area contributed by atoms with E-state index in [2.05, 4.69) is 29.6 Å². The third-order valence-electron chi connectivity index (χ3n) is 6.04. The maximum atomic E-state index is 13.0. The Hall–Kier alpha value is -2.90. The number of aryl methyl sites for hydroxylation is 1. The van der Waals surface area contributed by atoms with Gasteiger partial charge in [0.05, 0.1) is 0 Å². The first-order valence-corrected chi connectivity index (χ1v) is 12.5. The minimum Gasteiger partial charge on any atom is -0.350 e. The van der Waals surface area contributed by atoms with Crippen molar-refractivity contribution in [2.45, 2.75) is 30.1 Å². The molecule has 0 spiro atoms. The van der Waals surface area contributed by atoms with Crippen molar-refractivity contribution >= 4 is 15.9 Å². The number of sulfonamides is 1. The number of hydrogen-bond donors (Lipinski definition) is 1. The molecule has 6 nitrogen and oxygen atoms in total. The third-order valence-corrected chi connectivity index (χ3v) is 7.90. The van der Waals surface area contributed by atoms with E-state index in [9.17, 15) is 13.2 Å². The average molecular weight is 452 g/mol. The summed E-state index contributed by atoms with van der Waals surface area (Å²) in [5.74, 6) is -0.289. The molecular formula is C25H29N3O3S. The highest BCUT2D eigenvalue weighted by molar-refractivity contribution is 7.89. The number of amides is 1. The number of aromatic nitrogens is 1. The first kappa shape index (κ1) is 22.3. The molecule has 3 aromatic rings. The summed E-state index contributed by atoms with van der Waals surface area (Å²) in [5.41, 5.74) is 2.55. The number of nitrogens with one attached hydrogen (secondary N) is 1. The topological polar surface area (TPSA) is 71.4 Å². The molecule has 0 radical (unpaired) electrons. The second-order valence-electron chi connectivity index (χ2n) is 8.22. The first-order valence-electron chi connectivity index (χ1n) is 11.0. The van der Waals surface area contributed by atoms with Gasteiger partial charge in [0.25, 0.3) is 5.91 Å². The van der Waals surface area contributed by atoms with E-state index >= 15 is 0 Å². The van der Waals surface area contributed by atoms with Crippen LogP contribution in [-0.4, -0.2) is 42.8 Å². The molecule has 0 bridgehead atoms. The van der Waals surface area contributed by atoms with Gasteiger partial charge in [-0.3, -0.25) is 4.79 Å². The number of nitrogens with zero attached hydrogens (tertiary/aromatic N) is 2. The Morgan fingerprint density at radius 2 is 1.50 bits per heavy atom. The molecule has 1 aromatic heterocycles. The Kier molecular flexibility index (Phi) is 6.77. The van der Waals surface area contributed by atoms with Crippen LogP contribution in [0.1, 0.15) is 46.8 Å². The molecule has 2 heterocycles. The number of hydrogen-bond acceptors (Lipinski definition) is 3. The summed E-state index contributed by atoms with van der Waals surface area (Å²) in [6.45, 7) is 1.48. The van der Waals surface area contributed by atoms with Crippen LogP contribution in [0.5, 0.6) is 0 Å². The summed E-state index contributed by atoms with van der Waals surface area (Å²) in [5, 5.41) is 3.01. The van der Waals surface area contributed by atoms with Crippen LogP contribution >= 0.6 is 0 Å². The highest BCUT2D eigenvalue weighted by Crippen LogP contribution is 2.25. The fourth-order valence-electron chi connectivity index (χ4n) is 4.24. The molecule has 0 aliphatic carbocycles. The van der Waals surface area contributed by atoms with Crippen LogP contribution in [0.4, 0.5) is 0 Å². The normalized spacial score (nSPS) is 15.1. The fourth-order valence-corrected chi connectivity index (χ4v) is 5.83. The Morgan fingerprint density at radius 3 is 2.06 bits per heavy atom. The van der Waals surface area contributed by atoms with Crippen LogP contribution in [0.2, 0.25) is 0 Å². The maximum absolute atomic E-state index is 13.0. The Labute approximate surface area is 189 Å². The van der Waals surface area contributed by atoms with Gasteiger partial charge in [0, 0.05) is 38.8 Å². The standard InChI is InChI=1S/C25H29N3O3S/c1-27-19-22(32(30,31)28-15-9-4-10-16-28)17-24(27)25(29)26-18-23(20-11-5-2-6-12-20)21-13-7-3-8-14-21/h2-3,5-8,11-14,17,19,23H,4,9-10,15-16,18H2,1H3,(H,26,29). The van der Waals surface area contributed by atoms with E-state index in [1.165, 1.54) is 16.6 Å². The van der Waals surface area contributed by atoms with E-state index in [0.717, 1.165) is 30.4 Å². The third kappa shape index (κ3) is 4.79. The fraction of sp³-hybridized carbons (Fsp3) is 0.320. The van der Waals surface area contributed by atoms with Crippen molar-refractivity contribution in [1.82, 2.24) is 14.2 Å². The smallest absolute Gasteiger partial charge is 0.267 e. The summed E-state index contributed by atoms with van der Waals surface area (Å²) in [7, 11) is -1.88. The molecule has 0 saturated carbocycles. The zero-order valence-corrected chi connectivity index (χ0v) is 19.1. The molecule has 2 aromatic carbocycles. The SMILES string of the molecule is Cn1cc(S(=O)(=O)N2CCCCC2)cc1C(=O)NCC(c1ccccc1)c1ccccc1. The molecule has 1 fully saturated rings. The Morgan fingerprint density at radius 1 is 0.938 bits per heavy atom. The summed E-state index contributed by atoms with van der Waals surface area (Å²) < 4.78 is 29.1. The summed E-state index contributed by atoms with van der Waals surface area (Å²) in [4.78, 5) is 13.2. The van der Waals surface area contributed by atoms with E-state index in [1.54, 1.807) is 11.6 Å². The maximum Gasteiger partial charge on any atom is 0.267 e. The van der Waals surface area contributed by atoms with E-state index in [1.807, 2.05) is 36.4 Å². The molecule has 0 atom stereocenters. The molecule has 1 aliphatic rings. The molecule has 1 N–H and O–H groups in total. The van der Waals surface area contributed by atoms with Gasteiger partial charge in [-0.25, -0.2) is 8.42 Å². The van der Waals surface area contributed by atoms with Crippen molar-refractivity contribution < 1.29 is 13.2 Å². The number of carbonyl (C=O) groups is 1. The highest BCUT2D eigenvalue weighted by atomic mass is 32.2. The second-order valence-corrected chi connectivity index (χ2v) is 10.2. The predicted molar refractivity (Wildman–Crippen MR) is 125 cm³/mol. The molecule has 0 unspecified atom stereocenters. The van der Waals surface area contributed by atoms with Gasteiger partial charge in [0.15, 0.2) is 0 Å². The Bertz CT molecular complexity index is 1110. The van der Waals surface area contributed by atoms with Gasteiger partial charge in [-0.2, -0.15) is 4.31 Å². The van der Waals surface area contributed by atoms with Gasteiger partial charge in [-0.1, -0.05) is 67.1 Å².